The van der Waals surface area contributed by atoms with Crippen LogP contribution >= 0.6 is 23.2 Å². The molecule has 0 saturated carbocycles. The summed E-state index contributed by atoms with van der Waals surface area (Å²) < 4.78 is 42.6. The number of nitrogens with zero attached hydrogens (tertiary/aromatic N) is 1. The molecule has 146 valence electrons. The first-order chi connectivity index (χ1) is 13.1. The normalized spacial score (nSPS) is 11.5. The molecule has 0 aliphatic rings. The molecule has 28 heavy (non-hydrogen) atoms. The monoisotopic (exact) mass is 442 g/mol. The number of carbonyl (C=O) groups is 1. The number of hydrogen-bond acceptors (Lipinski definition) is 5. The first kappa shape index (κ1) is 20.3. The molecule has 0 aliphatic carbocycles. The number of carbonyl (C=O) groups excluding carboxylic acids is 1. The van der Waals surface area contributed by atoms with Gasteiger partial charge in [-0.15, -0.1) is 0 Å². The average Bonchev–Trinajstić information content (AvgIpc) is 2.97. The van der Waals surface area contributed by atoms with Gasteiger partial charge in [0.25, 0.3) is 5.91 Å². The van der Waals surface area contributed by atoms with Crippen LogP contribution in [-0.2, 0) is 9.84 Å². The van der Waals surface area contributed by atoms with Crippen LogP contribution in [0.5, 0.6) is 0 Å². The zero-order valence-corrected chi connectivity index (χ0v) is 16.9. The smallest absolute Gasteiger partial charge is 0.261 e. The lowest BCUT2D eigenvalue weighted by atomic mass is 10.1. The summed E-state index contributed by atoms with van der Waals surface area (Å²) in [5, 5.41) is 6.71. The van der Waals surface area contributed by atoms with Gasteiger partial charge in [0.1, 0.15) is 22.8 Å². The molecule has 1 heterocycles. The molecule has 0 aliphatic heterocycles. The lowest BCUT2D eigenvalue weighted by molar-refractivity contribution is 0.102. The summed E-state index contributed by atoms with van der Waals surface area (Å²) in [5.41, 5.74) is 0.0763. The van der Waals surface area contributed by atoms with E-state index in [4.69, 9.17) is 27.7 Å². The standard InChI is InChI=1S/C18H13Cl2FN2O4S/c1-9-15(17(23-27-9)16-11(19)4-3-5-12(16)20)18(24)22-14-8-10(28(2,25)26)6-7-13(14)21/h3-8H,1-2H3,(H,22,24). The van der Waals surface area contributed by atoms with Crippen LogP contribution in [0.2, 0.25) is 10.0 Å². The van der Waals surface area contributed by atoms with Gasteiger partial charge in [-0.1, -0.05) is 34.4 Å². The highest BCUT2D eigenvalue weighted by atomic mass is 35.5. The fraction of sp³-hybridized carbons (Fsp3) is 0.111. The van der Waals surface area contributed by atoms with E-state index in [1.54, 1.807) is 18.2 Å². The molecule has 1 aromatic heterocycles. The van der Waals surface area contributed by atoms with Crippen molar-refractivity contribution in [3.8, 4) is 11.3 Å². The van der Waals surface area contributed by atoms with Gasteiger partial charge < -0.3 is 9.84 Å². The molecular formula is C18H13Cl2FN2O4S. The molecule has 0 atom stereocenters. The second-order valence-electron chi connectivity index (χ2n) is 5.93. The molecule has 0 spiro atoms. The molecule has 0 saturated heterocycles. The van der Waals surface area contributed by atoms with Gasteiger partial charge in [-0.3, -0.25) is 4.79 Å². The van der Waals surface area contributed by atoms with E-state index in [0.717, 1.165) is 24.5 Å². The van der Waals surface area contributed by atoms with Gasteiger partial charge in [0.05, 0.1) is 20.6 Å². The van der Waals surface area contributed by atoms with Gasteiger partial charge in [-0.05, 0) is 37.3 Å². The van der Waals surface area contributed by atoms with Crippen molar-refractivity contribution in [1.29, 1.82) is 0 Å². The number of sulfone groups is 1. The van der Waals surface area contributed by atoms with Crippen molar-refractivity contribution in [1.82, 2.24) is 5.16 Å². The Morgan fingerprint density at radius 2 is 1.82 bits per heavy atom. The minimum Gasteiger partial charge on any atom is -0.360 e. The second kappa shape index (κ2) is 7.54. The van der Waals surface area contributed by atoms with Gasteiger partial charge in [0.2, 0.25) is 0 Å². The third-order valence-electron chi connectivity index (χ3n) is 3.90. The second-order valence-corrected chi connectivity index (χ2v) is 8.76. The number of rotatable bonds is 4. The summed E-state index contributed by atoms with van der Waals surface area (Å²) >= 11 is 12.4. The Hall–Kier alpha value is -2.42. The summed E-state index contributed by atoms with van der Waals surface area (Å²) in [6.45, 7) is 1.50. The molecule has 0 unspecified atom stereocenters. The molecule has 10 heteroatoms. The Morgan fingerprint density at radius 1 is 1.18 bits per heavy atom. The van der Waals surface area contributed by atoms with Crippen molar-refractivity contribution in [3.63, 3.8) is 0 Å². The number of aromatic nitrogens is 1. The number of anilines is 1. The SMILES string of the molecule is Cc1onc(-c2c(Cl)cccc2Cl)c1C(=O)Nc1cc(S(C)(=O)=O)ccc1F. The predicted octanol–water partition coefficient (Wildman–Crippen LogP) is 4.75. The average molecular weight is 443 g/mol. The van der Waals surface area contributed by atoms with Crippen LogP contribution in [0.25, 0.3) is 11.3 Å². The molecule has 1 N–H and O–H groups in total. The van der Waals surface area contributed by atoms with E-state index in [9.17, 15) is 17.6 Å². The van der Waals surface area contributed by atoms with Gasteiger partial charge in [0.15, 0.2) is 9.84 Å². The highest BCUT2D eigenvalue weighted by Gasteiger charge is 2.25. The van der Waals surface area contributed by atoms with E-state index >= 15 is 0 Å². The quantitative estimate of drug-likeness (QED) is 0.588. The molecule has 1 amide bonds. The van der Waals surface area contributed by atoms with Crippen molar-refractivity contribution in [2.24, 2.45) is 0 Å². The maximum Gasteiger partial charge on any atom is 0.261 e. The van der Waals surface area contributed by atoms with Crippen molar-refractivity contribution < 1.29 is 22.1 Å². The van der Waals surface area contributed by atoms with Crippen molar-refractivity contribution in [3.05, 3.63) is 63.6 Å². The molecule has 3 rings (SSSR count). The third kappa shape index (κ3) is 3.89. The molecule has 6 nitrogen and oxygen atoms in total. The van der Waals surface area contributed by atoms with E-state index in [-0.39, 0.29) is 43.2 Å². The van der Waals surface area contributed by atoms with E-state index < -0.39 is 21.6 Å². The lowest BCUT2D eigenvalue weighted by Crippen LogP contribution is -2.15. The highest BCUT2D eigenvalue weighted by Crippen LogP contribution is 2.37. The summed E-state index contributed by atoms with van der Waals surface area (Å²) in [6, 6.07) is 7.88. The van der Waals surface area contributed by atoms with E-state index in [2.05, 4.69) is 10.5 Å². The maximum absolute atomic E-state index is 14.1. The van der Waals surface area contributed by atoms with Gasteiger partial charge in [0, 0.05) is 11.8 Å². The summed E-state index contributed by atoms with van der Waals surface area (Å²) in [4.78, 5) is 12.7. The van der Waals surface area contributed by atoms with E-state index in [1.165, 1.54) is 6.92 Å². The number of nitrogens with one attached hydrogen (secondary N) is 1. The minimum absolute atomic E-state index is 0.000779. The fourth-order valence-electron chi connectivity index (χ4n) is 2.55. The summed E-state index contributed by atoms with van der Waals surface area (Å²) in [6.07, 6.45) is 0.980. The van der Waals surface area contributed by atoms with Crippen LogP contribution in [0.3, 0.4) is 0 Å². The molecule has 3 aromatic rings. The zero-order chi connectivity index (χ0) is 20.6. The molecule has 0 bridgehead atoms. The molecule has 0 fully saturated rings. The van der Waals surface area contributed by atoms with Crippen LogP contribution in [0.15, 0.2) is 45.8 Å². The van der Waals surface area contributed by atoms with Gasteiger partial charge in [-0.2, -0.15) is 0 Å². The van der Waals surface area contributed by atoms with Crippen LogP contribution in [0.1, 0.15) is 16.1 Å². The summed E-state index contributed by atoms with van der Waals surface area (Å²) in [5.74, 6) is -1.40. The number of aryl methyl sites for hydroxylation is 1. The number of halogens is 3. The van der Waals surface area contributed by atoms with Gasteiger partial charge in [-0.25, -0.2) is 12.8 Å². The van der Waals surface area contributed by atoms with Crippen molar-refractivity contribution in [2.75, 3.05) is 11.6 Å². The first-order valence-corrected chi connectivity index (χ1v) is 10.5. The Bertz CT molecular complexity index is 1170. The number of hydrogen-bond donors (Lipinski definition) is 1. The van der Waals surface area contributed by atoms with Crippen LogP contribution in [0, 0.1) is 12.7 Å². The van der Waals surface area contributed by atoms with Gasteiger partial charge >= 0.3 is 0 Å². The first-order valence-electron chi connectivity index (χ1n) is 7.81. The van der Waals surface area contributed by atoms with E-state index in [0.29, 0.717) is 0 Å². The molecule has 2 aromatic carbocycles. The maximum atomic E-state index is 14.1. The predicted molar refractivity (Wildman–Crippen MR) is 104 cm³/mol. The topological polar surface area (TPSA) is 89.3 Å². The fourth-order valence-corrected chi connectivity index (χ4v) is 3.77. The Balaban J connectivity index is 2.05. The molecular weight excluding hydrogens is 430 g/mol. The summed E-state index contributed by atoms with van der Waals surface area (Å²) in [7, 11) is -3.59. The zero-order valence-electron chi connectivity index (χ0n) is 14.6. The highest BCUT2D eigenvalue weighted by molar-refractivity contribution is 7.90. The Kier molecular flexibility index (Phi) is 5.47. The van der Waals surface area contributed by atoms with Crippen LogP contribution < -0.4 is 5.32 Å². The van der Waals surface area contributed by atoms with Crippen molar-refractivity contribution in [2.45, 2.75) is 11.8 Å². The van der Waals surface area contributed by atoms with Crippen molar-refractivity contribution >= 4 is 44.6 Å². The third-order valence-corrected chi connectivity index (χ3v) is 5.64. The van der Waals surface area contributed by atoms with Crippen LogP contribution in [0.4, 0.5) is 10.1 Å². The van der Waals surface area contributed by atoms with Crippen LogP contribution in [-0.4, -0.2) is 25.7 Å². The minimum atomic E-state index is -3.59. The Labute approximate surface area is 170 Å². The largest absolute Gasteiger partial charge is 0.360 e. The number of amides is 1. The van der Waals surface area contributed by atoms with E-state index in [1.807, 2.05) is 0 Å². The number of benzene rings is 2. The Morgan fingerprint density at radius 3 is 2.43 bits per heavy atom. The lowest BCUT2D eigenvalue weighted by Gasteiger charge is -2.10. The molecule has 0 radical (unpaired) electrons.